The van der Waals surface area contributed by atoms with Gasteiger partial charge >= 0.3 is 0 Å². The van der Waals surface area contributed by atoms with E-state index in [0.717, 1.165) is 44.0 Å². The standard InChI is InChI=1S/C19H23FN2O3S/c20-19-7-5-16(6-8-19)15-26(23,24)21-13-17-3-1-2-4-18(17)14-22-9-11-25-12-10-22/h1-8,21H,9-15H2. The quantitative estimate of drug-likeness (QED) is 0.803. The van der Waals surface area contributed by atoms with Crippen LogP contribution < -0.4 is 4.72 Å². The van der Waals surface area contributed by atoms with Gasteiger partial charge in [0.15, 0.2) is 0 Å². The van der Waals surface area contributed by atoms with Crippen LogP contribution in [0.4, 0.5) is 4.39 Å². The molecule has 1 N–H and O–H groups in total. The largest absolute Gasteiger partial charge is 0.379 e. The molecule has 7 heteroatoms. The summed E-state index contributed by atoms with van der Waals surface area (Å²) in [4.78, 5) is 2.30. The van der Waals surface area contributed by atoms with Gasteiger partial charge in [-0.05, 0) is 28.8 Å². The second-order valence-corrected chi connectivity index (χ2v) is 8.17. The first kappa shape index (κ1) is 19.0. The Hall–Kier alpha value is -1.80. The van der Waals surface area contributed by atoms with Gasteiger partial charge in [-0.1, -0.05) is 36.4 Å². The minimum atomic E-state index is -3.50. The molecule has 0 aromatic heterocycles. The SMILES string of the molecule is O=S(=O)(Cc1ccc(F)cc1)NCc1ccccc1CN1CCOCC1. The Kier molecular flexibility index (Phi) is 6.37. The third-order valence-corrected chi connectivity index (χ3v) is 5.67. The van der Waals surface area contributed by atoms with Crippen LogP contribution in [-0.4, -0.2) is 39.6 Å². The minimum absolute atomic E-state index is 0.168. The molecule has 0 amide bonds. The molecule has 2 aromatic rings. The summed E-state index contributed by atoms with van der Waals surface area (Å²) in [5.41, 5.74) is 2.63. The summed E-state index contributed by atoms with van der Waals surface area (Å²) in [5, 5.41) is 0. The van der Waals surface area contributed by atoms with Crippen molar-refractivity contribution in [1.29, 1.82) is 0 Å². The lowest BCUT2D eigenvalue weighted by atomic mass is 10.1. The van der Waals surface area contributed by atoms with Crippen molar-refractivity contribution in [1.82, 2.24) is 9.62 Å². The van der Waals surface area contributed by atoms with Crippen molar-refractivity contribution < 1.29 is 17.5 Å². The Morgan fingerprint density at radius 1 is 1.00 bits per heavy atom. The van der Waals surface area contributed by atoms with Crippen molar-refractivity contribution in [2.45, 2.75) is 18.8 Å². The first-order valence-electron chi connectivity index (χ1n) is 8.60. The van der Waals surface area contributed by atoms with Gasteiger partial charge in [-0.15, -0.1) is 0 Å². The number of nitrogens with zero attached hydrogens (tertiary/aromatic N) is 1. The van der Waals surface area contributed by atoms with E-state index in [1.807, 2.05) is 24.3 Å². The van der Waals surface area contributed by atoms with Gasteiger partial charge in [0.1, 0.15) is 5.82 Å². The van der Waals surface area contributed by atoms with Crippen LogP contribution in [0.5, 0.6) is 0 Å². The molecule has 0 atom stereocenters. The number of hydrogen-bond donors (Lipinski definition) is 1. The Morgan fingerprint density at radius 2 is 1.65 bits per heavy atom. The number of halogens is 1. The third-order valence-electron chi connectivity index (χ3n) is 4.37. The minimum Gasteiger partial charge on any atom is -0.379 e. The molecule has 26 heavy (non-hydrogen) atoms. The van der Waals surface area contributed by atoms with Crippen LogP contribution >= 0.6 is 0 Å². The molecule has 1 fully saturated rings. The monoisotopic (exact) mass is 378 g/mol. The maximum atomic E-state index is 12.9. The number of benzene rings is 2. The number of ether oxygens (including phenoxy) is 1. The molecule has 0 unspecified atom stereocenters. The Bertz CT molecular complexity index is 819. The molecule has 140 valence electrons. The molecule has 1 aliphatic heterocycles. The van der Waals surface area contributed by atoms with Gasteiger partial charge < -0.3 is 4.74 Å². The first-order chi connectivity index (χ1) is 12.5. The van der Waals surface area contributed by atoms with Crippen LogP contribution in [0, 0.1) is 5.82 Å². The predicted octanol–water partition coefficient (Wildman–Crippen LogP) is 2.28. The lowest BCUT2D eigenvalue weighted by molar-refractivity contribution is 0.0341. The fourth-order valence-electron chi connectivity index (χ4n) is 2.92. The second kappa shape index (κ2) is 8.73. The molecule has 1 aliphatic rings. The maximum absolute atomic E-state index is 12.9. The van der Waals surface area contributed by atoms with E-state index < -0.39 is 10.0 Å². The Balaban J connectivity index is 1.62. The average Bonchev–Trinajstić information content (AvgIpc) is 2.64. The van der Waals surface area contributed by atoms with Crippen LogP contribution in [0.2, 0.25) is 0 Å². The molecule has 1 heterocycles. The normalized spacial score (nSPS) is 15.9. The van der Waals surface area contributed by atoms with E-state index in [1.54, 1.807) is 0 Å². The van der Waals surface area contributed by atoms with Crippen LogP contribution in [0.3, 0.4) is 0 Å². The van der Waals surface area contributed by atoms with E-state index in [4.69, 9.17) is 4.74 Å². The summed E-state index contributed by atoms with van der Waals surface area (Å²) in [6.45, 7) is 4.23. The van der Waals surface area contributed by atoms with Crippen molar-refractivity contribution in [2.75, 3.05) is 26.3 Å². The average molecular weight is 378 g/mol. The molecule has 0 bridgehead atoms. The van der Waals surface area contributed by atoms with E-state index in [9.17, 15) is 12.8 Å². The lowest BCUT2D eigenvalue weighted by Crippen LogP contribution is -2.36. The van der Waals surface area contributed by atoms with Gasteiger partial charge in [0.25, 0.3) is 0 Å². The van der Waals surface area contributed by atoms with Gasteiger partial charge in [0, 0.05) is 26.2 Å². The van der Waals surface area contributed by atoms with Crippen molar-refractivity contribution in [2.24, 2.45) is 0 Å². The predicted molar refractivity (Wildman–Crippen MR) is 98.4 cm³/mol. The lowest BCUT2D eigenvalue weighted by Gasteiger charge is -2.27. The fraction of sp³-hybridized carbons (Fsp3) is 0.368. The summed E-state index contributed by atoms with van der Waals surface area (Å²) in [6.07, 6.45) is 0. The summed E-state index contributed by atoms with van der Waals surface area (Å²) < 4.78 is 45.6. The van der Waals surface area contributed by atoms with Gasteiger partial charge in [-0.3, -0.25) is 4.90 Å². The maximum Gasteiger partial charge on any atom is 0.216 e. The zero-order chi connectivity index (χ0) is 18.4. The number of rotatable bonds is 7. The zero-order valence-corrected chi connectivity index (χ0v) is 15.3. The zero-order valence-electron chi connectivity index (χ0n) is 14.5. The number of morpholine rings is 1. The van der Waals surface area contributed by atoms with Crippen molar-refractivity contribution in [3.05, 3.63) is 71.0 Å². The van der Waals surface area contributed by atoms with E-state index in [-0.39, 0.29) is 18.1 Å². The van der Waals surface area contributed by atoms with E-state index in [1.165, 1.54) is 24.3 Å². The Morgan fingerprint density at radius 3 is 2.35 bits per heavy atom. The smallest absolute Gasteiger partial charge is 0.216 e. The van der Waals surface area contributed by atoms with Crippen molar-refractivity contribution in [3.8, 4) is 0 Å². The molecule has 0 aliphatic carbocycles. The molecule has 0 radical (unpaired) electrons. The summed E-state index contributed by atoms with van der Waals surface area (Å²) in [6, 6.07) is 13.3. The molecular weight excluding hydrogens is 355 g/mol. The number of nitrogens with one attached hydrogen (secondary N) is 1. The number of sulfonamides is 1. The highest BCUT2D eigenvalue weighted by Gasteiger charge is 2.15. The van der Waals surface area contributed by atoms with E-state index in [2.05, 4.69) is 9.62 Å². The van der Waals surface area contributed by atoms with E-state index >= 15 is 0 Å². The van der Waals surface area contributed by atoms with Gasteiger partial charge in [-0.25, -0.2) is 17.5 Å². The Labute approximate surface area is 153 Å². The van der Waals surface area contributed by atoms with Crippen LogP contribution in [-0.2, 0) is 33.6 Å². The molecule has 3 rings (SSSR count). The van der Waals surface area contributed by atoms with Crippen LogP contribution in [0.25, 0.3) is 0 Å². The highest BCUT2D eigenvalue weighted by atomic mass is 32.2. The topological polar surface area (TPSA) is 58.6 Å². The summed E-state index contributed by atoms with van der Waals surface area (Å²) in [7, 11) is -3.50. The molecule has 2 aromatic carbocycles. The van der Waals surface area contributed by atoms with Gasteiger partial charge in [0.2, 0.25) is 10.0 Å². The van der Waals surface area contributed by atoms with Crippen molar-refractivity contribution in [3.63, 3.8) is 0 Å². The fourth-order valence-corrected chi connectivity index (χ4v) is 4.03. The molecule has 0 spiro atoms. The number of hydrogen-bond acceptors (Lipinski definition) is 4. The highest BCUT2D eigenvalue weighted by molar-refractivity contribution is 7.88. The van der Waals surface area contributed by atoms with E-state index in [0.29, 0.717) is 5.56 Å². The molecular formula is C19H23FN2O3S. The second-order valence-electron chi connectivity index (χ2n) is 6.36. The third kappa shape index (κ3) is 5.60. The van der Waals surface area contributed by atoms with Crippen LogP contribution in [0.1, 0.15) is 16.7 Å². The van der Waals surface area contributed by atoms with Gasteiger partial charge in [0.05, 0.1) is 19.0 Å². The summed E-state index contributed by atoms with van der Waals surface area (Å²) in [5.74, 6) is -0.546. The highest BCUT2D eigenvalue weighted by Crippen LogP contribution is 2.14. The molecule has 1 saturated heterocycles. The molecule has 5 nitrogen and oxygen atoms in total. The van der Waals surface area contributed by atoms with Crippen molar-refractivity contribution >= 4 is 10.0 Å². The first-order valence-corrected chi connectivity index (χ1v) is 10.3. The van der Waals surface area contributed by atoms with Gasteiger partial charge in [-0.2, -0.15) is 0 Å². The summed E-state index contributed by atoms with van der Waals surface area (Å²) >= 11 is 0. The molecule has 0 saturated carbocycles. The van der Waals surface area contributed by atoms with Crippen LogP contribution in [0.15, 0.2) is 48.5 Å².